The van der Waals surface area contributed by atoms with Gasteiger partial charge < -0.3 is 5.32 Å². The number of benzene rings is 1. The molecule has 3 heterocycles. The molecule has 0 bridgehead atoms. The molecule has 3 aromatic rings. The molecule has 1 unspecified atom stereocenters. The molecule has 37 heavy (non-hydrogen) atoms. The first-order valence-corrected chi connectivity index (χ1v) is 12.5. The summed E-state index contributed by atoms with van der Waals surface area (Å²) in [5.74, 6) is 1.32. The first-order valence-electron chi connectivity index (χ1n) is 11.0. The van der Waals surface area contributed by atoms with E-state index >= 15 is 0 Å². The van der Waals surface area contributed by atoms with E-state index < -0.39 is 39.7 Å². The summed E-state index contributed by atoms with van der Waals surface area (Å²) >= 11 is 0. The van der Waals surface area contributed by atoms with Crippen molar-refractivity contribution in [2.75, 3.05) is 6.54 Å². The second kappa shape index (κ2) is 10.3. The van der Waals surface area contributed by atoms with Crippen molar-refractivity contribution in [3.05, 3.63) is 77.5 Å². The largest absolute Gasteiger partial charge is 0.433 e. The predicted molar refractivity (Wildman–Crippen MR) is 126 cm³/mol. The van der Waals surface area contributed by atoms with E-state index in [1.165, 1.54) is 18.3 Å². The van der Waals surface area contributed by atoms with E-state index in [1.54, 1.807) is 0 Å². The fraction of sp³-hybridized carbons (Fsp3) is 0.240. The predicted octanol–water partition coefficient (Wildman–Crippen LogP) is 3.75. The summed E-state index contributed by atoms with van der Waals surface area (Å²) in [5, 5.41) is 2.69. The van der Waals surface area contributed by atoms with Crippen LogP contribution in [0.15, 0.2) is 59.8 Å². The Labute approximate surface area is 210 Å². The van der Waals surface area contributed by atoms with Crippen LogP contribution >= 0.6 is 0 Å². The highest BCUT2D eigenvalue weighted by Crippen LogP contribution is 2.29. The van der Waals surface area contributed by atoms with Gasteiger partial charge in [0.25, 0.3) is 0 Å². The lowest BCUT2D eigenvalue weighted by atomic mass is 10.1. The number of carbonyl (C=O) groups excluding carboxylic acids is 1. The Hall–Kier alpha value is -3.82. The lowest BCUT2D eigenvalue weighted by Crippen LogP contribution is -2.45. The van der Waals surface area contributed by atoms with Gasteiger partial charge in [-0.25, -0.2) is 12.8 Å². The number of terminal acetylenes is 1. The van der Waals surface area contributed by atoms with Gasteiger partial charge in [0.05, 0.1) is 10.6 Å². The Balaban J connectivity index is 1.51. The fourth-order valence-electron chi connectivity index (χ4n) is 3.98. The maximum absolute atomic E-state index is 13.2. The van der Waals surface area contributed by atoms with Crippen LogP contribution in [-0.4, -0.2) is 41.2 Å². The number of aromatic nitrogens is 2. The quantitative estimate of drug-likeness (QED) is 0.386. The maximum Gasteiger partial charge on any atom is 0.433 e. The summed E-state index contributed by atoms with van der Waals surface area (Å²) in [6.07, 6.45) is 4.12. The van der Waals surface area contributed by atoms with Crippen molar-refractivity contribution in [3.8, 4) is 23.6 Å². The summed E-state index contributed by atoms with van der Waals surface area (Å²) in [4.78, 5) is 20.5. The van der Waals surface area contributed by atoms with Crippen molar-refractivity contribution in [1.29, 1.82) is 0 Å². The molecule has 1 saturated heterocycles. The van der Waals surface area contributed by atoms with E-state index in [4.69, 9.17) is 6.42 Å². The van der Waals surface area contributed by atoms with E-state index in [9.17, 15) is 30.8 Å². The highest BCUT2D eigenvalue weighted by atomic mass is 32.2. The Morgan fingerprint density at radius 1 is 1.14 bits per heavy atom. The van der Waals surface area contributed by atoms with Crippen molar-refractivity contribution in [2.24, 2.45) is 0 Å². The van der Waals surface area contributed by atoms with Crippen LogP contribution in [0, 0.1) is 18.2 Å². The van der Waals surface area contributed by atoms with Gasteiger partial charge in [-0.2, -0.15) is 17.5 Å². The Morgan fingerprint density at radius 2 is 1.86 bits per heavy atom. The molecule has 2 aromatic heterocycles. The van der Waals surface area contributed by atoms with Gasteiger partial charge in [-0.15, -0.1) is 6.42 Å². The minimum absolute atomic E-state index is 0.0666. The van der Waals surface area contributed by atoms with Crippen molar-refractivity contribution in [3.63, 3.8) is 0 Å². The lowest BCUT2D eigenvalue weighted by molar-refractivity contribution is -0.141. The molecule has 1 aromatic carbocycles. The zero-order valence-electron chi connectivity index (χ0n) is 19.2. The molecule has 1 aliphatic heterocycles. The molecule has 0 spiro atoms. The topological polar surface area (TPSA) is 92.3 Å². The van der Waals surface area contributed by atoms with E-state index in [1.807, 2.05) is 0 Å². The van der Waals surface area contributed by atoms with E-state index in [0.29, 0.717) is 35.2 Å². The fourth-order valence-corrected chi connectivity index (χ4v) is 5.63. The van der Waals surface area contributed by atoms with Gasteiger partial charge in [-0.05, 0) is 60.9 Å². The summed E-state index contributed by atoms with van der Waals surface area (Å²) < 4.78 is 78.8. The van der Waals surface area contributed by atoms with Crippen molar-refractivity contribution < 1.29 is 30.8 Å². The lowest BCUT2D eigenvalue weighted by Gasteiger charge is -2.23. The van der Waals surface area contributed by atoms with E-state index in [0.717, 1.165) is 40.8 Å². The second-order valence-corrected chi connectivity index (χ2v) is 10.1. The van der Waals surface area contributed by atoms with Crippen molar-refractivity contribution in [1.82, 2.24) is 19.6 Å². The van der Waals surface area contributed by atoms with Crippen molar-refractivity contribution in [2.45, 2.75) is 36.5 Å². The summed E-state index contributed by atoms with van der Waals surface area (Å²) in [5.41, 5.74) is 0.390. The standard InChI is InChI=1S/C25H20F4N4O3S/c1-2-16-13-30-21(17-5-10-23(31-14-17)25(27,28)29)12-18(16)15-32-24(34)22-4-3-11-33(22)37(35,36)20-8-6-19(26)7-9-20/h1,5-10,12-14,22H,3-4,11,15H2,(H,32,34). The SMILES string of the molecule is C#Cc1cnc(-c2ccc(C(F)(F)F)nc2)cc1CNC(=O)C1CCCN1S(=O)(=O)c1ccc(F)cc1. The molecule has 0 saturated carbocycles. The zero-order valence-corrected chi connectivity index (χ0v) is 20.0. The van der Waals surface area contributed by atoms with E-state index in [-0.39, 0.29) is 18.0 Å². The van der Waals surface area contributed by atoms with Crippen LogP contribution in [0.5, 0.6) is 0 Å². The smallest absolute Gasteiger partial charge is 0.351 e. The highest BCUT2D eigenvalue weighted by Gasteiger charge is 2.39. The number of carbonyl (C=O) groups is 1. The molecular weight excluding hydrogens is 512 g/mol. The number of hydrogen-bond acceptors (Lipinski definition) is 5. The summed E-state index contributed by atoms with van der Waals surface area (Å²) in [7, 11) is -4.03. The Kier molecular flexibility index (Phi) is 7.29. The van der Waals surface area contributed by atoms with Crippen LogP contribution < -0.4 is 5.32 Å². The number of alkyl halides is 3. The molecule has 192 valence electrons. The van der Waals surface area contributed by atoms with Crippen LogP contribution in [0.4, 0.5) is 17.6 Å². The van der Waals surface area contributed by atoms with Crippen LogP contribution in [0.1, 0.15) is 29.7 Å². The minimum Gasteiger partial charge on any atom is -0.351 e. The number of rotatable bonds is 6. The molecule has 1 amide bonds. The first-order chi connectivity index (χ1) is 17.5. The molecular formula is C25H20F4N4O3S. The van der Waals surface area contributed by atoms with Gasteiger partial charge in [0.1, 0.15) is 17.6 Å². The third kappa shape index (κ3) is 5.63. The van der Waals surface area contributed by atoms with Gasteiger partial charge in [-0.1, -0.05) is 5.92 Å². The molecule has 7 nitrogen and oxygen atoms in total. The molecule has 1 aliphatic rings. The third-order valence-electron chi connectivity index (χ3n) is 5.87. The van der Waals surface area contributed by atoms with Crippen LogP contribution in [0.2, 0.25) is 0 Å². The number of nitrogens with zero attached hydrogens (tertiary/aromatic N) is 3. The summed E-state index contributed by atoms with van der Waals surface area (Å²) in [6, 6.07) is 6.99. The van der Waals surface area contributed by atoms with Crippen LogP contribution in [-0.2, 0) is 27.5 Å². The minimum atomic E-state index is -4.58. The van der Waals surface area contributed by atoms with Gasteiger partial charge >= 0.3 is 6.18 Å². The second-order valence-electron chi connectivity index (χ2n) is 8.25. The van der Waals surface area contributed by atoms with Crippen LogP contribution in [0.3, 0.4) is 0 Å². The first kappa shape index (κ1) is 26.2. The number of pyridine rings is 2. The molecule has 0 aliphatic carbocycles. The Morgan fingerprint density at radius 3 is 2.49 bits per heavy atom. The van der Waals surface area contributed by atoms with Gasteiger partial charge in [0.15, 0.2) is 0 Å². The van der Waals surface area contributed by atoms with Crippen molar-refractivity contribution >= 4 is 15.9 Å². The normalized spacial score (nSPS) is 16.4. The van der Waals surface area contributed by atoms with Gasteiger partial charge in [0, 0.05) is 36.6 Å². The number of halogens is 4. The van der Waals surface area contributed by atoms with Gasteiger partial charge in [0.2, 0.25) is 15.9 Å². The van der Waals surface area contributed by atoms with E-state index in [2.05, 4.69) is 21.2 Å². The molecule has 1 N–H and O–H groups in total. The average molecular weight is 533 g/mol. The number of sulfonamides is 1. The zero-order chi connectivity index (χ0) is 26.8. The van der Waals surface area contributed by atoms with Gasteiger partial charge in [-0.3, -0.25) is 14.8 Å². The monoisotopic (exact) mass is 532 g/mol. The molecule has 4 rings (SSSR count). The third-order valence-corrected chi connectivity index (χ3v) is 7.80. The Bertz CT molecular complexity index is 1450. The number of hydrogen-bond donors (Lipinski definition) is 1. The number of nitrogens with one attached hydrogen (secondary N) is 1. The number of amides is 1. The molecule has 1 atom stereocenters. The molecule has 0 radical (unpaired) electrons. The molecule has 1 fully saturated rings. The highest BCUT2D eigenvalue weighted by molar-refractivity contribution is 7.89. The summed E-state index contributed by atoms with van der Waals surface area (Å²) in [6.45, 7) is 0.0661. The van der Waals surface area contributed by atoms with Crippen LogP contribution in [0.25, 0.3) is 11.3 Å². The maximum atomic E-state index is 13.2. The molecule has 12 heteroatoms. The average Bonchev–Trinajstić information content (AvgIpc) is 3.38.